The number of hydrogen-bond donors (Lipinski definition) is 2. The van der Waals surface area contributed by atoms with Gasteiger partial charge in [-0.3, -0.25) is 13.8 Å². The third-order valence-corrected chi connectivity index (χ3v) is 4.08. The zero-order valence-electron chi connectivity index (χ0n) is 11.9. The zero-order chi connectivity index (χ0) is 15.9. The van der Waals surface area contributed by atoms with Gasteiger partial charge >= 0.3 is 0 Å². The van der Waals surface area contributed by atoms with Crippen molar-refractivity contribution in [2.45, 2.75) is 5.75 Å². The minimum absolute atomic E-state index is 0.137. The average Bonchev–Trinajstić information content (AvgIpc) is 2.97. The highest BCUT2D eigenvalue weighted by Crippen LogP contribution is 2.10. The smallest absolute Gasteiger partial charge is 0.251 e. The lowest BCUT2D eigenvalue weighted by Gasteiger charge is -2.06. The van der Waals surface area contributed by atoms with Gasteiger partial charge < -0.3 is 10.6 Å². The lowest BCUT2D eigenvalue weighted by Crippen LogP contribution is -2.32. The van der Waals surface area contributed by atoms with Gasteiger partial charge in [-0.1, -0.05) is 12.1 Å². The second-order valence-corrected chi connectivity index (χ2v) is 6.82. The Morgan fingerprint density at radius 2 is 2.18 bits per heavy atom. The van der Waals surface area contributed by atoms with E-state index in [1.165, 1.54) is 11.3 Å². The average molecular weight is 337 g/mol. The molecule has 1 aromatic heterocycles. The number of nitrogens with zero attached hydrogens (tertiary/aromatic N) is 1. The lowest BCUT2D eigenvalue weighted by atomic mass is 10.1. The molecule has 6 nitrogen and oxygen atoms in total. The standard InChI is InChI=1S/C14H15N3O3S2/c1-22(20)9-10-3-2-4-11(7-10)13(19)16-8-12(18)17-14-15-5-6-21-14/h2-7H,8-9H2,1H3,(H,16,19)(H,15,17,18). The van der Waals surface area contributed by atoms with Crippen molar-refractivity contribution >= 4 is 39.1 Å². The molecule has 0 saturated carbocycles. The third-order valence-electron chi connectivity index (χ3n) is 2.65. The molecule has 2 amide bonds. The van der Waals surface area contributed by atoms with Gasteiger partial charge in [0.15, 0.2) is 5.13 Å². The van der Waals surface area contributed by atoms with Gasteiger partial charge in [0.1, 0.15) is 0 Å². The number of aromatic nitrogens is 1. The van der Waals surface area contributed by atoms with Gasteiger partial charge in [0, 0.05) is 39.9 Å². The van der Waals surface area contributed by atoms with Gasteiger partial charge in [0.05, 0.1) is 6.54 Å². The summed E-state index contributed by atoms with van der Waals surface area (Å²) in [5.41, 5.74) is 1.26. The molecule has 0 bridgehead atoms. The van der Waals surface area contributed by atoms with Gasteiger partial charge in [-0.25, -0.2) is 4.98 Å². The number of carbonyl (C=O) groups is 2. The Morgan fingerprint density at radius 1 is 1.36 bits per heavy atom. The maximum absolute atomic E-state index is 12.0. The van der Waals surface area contributed by atoms with Crippen LogP contribution in [-0.4, -0.2) is 33.8 Å². The van der Waals surface area contributed by atoms with Crippen LogP contribution in [0.3, 0.4) is 0 Å². The number of nitrogens with one attached hydrogen (secondary N) is 2. The highest BCUT2D eigenvalue weighted by atomic mass is 32.2. The minimum Gasteiger partial charge on any atom is -0.343 e. The Kier molecular flexibility index (Phi) is 5.79. The fourth-order valence-corrected chi connectivity index (χ4v) is 2.94. The molecule has 1 aromatic carbocycles. The van der Waals surface area contributed by atoms with Crippen LogP contribution < -0.4 is 10.6 Å². The summed E-state index contributed by atoms with van der Waals surface area (Å²) in [4.78, 5) is 27.6. The number of thiazole rings is 1. The molecule has 0 radical (unpaired) electrons. The van der Waals surface area contributed by atoms with E-state index in [-0.39, 0.29) is 18.4 Å². The van der Waals surface area contributed by atoms with Crippen LogP contribution in [0.25, 0.3) is 0 Å². The van der Waals surface area contributed by atoms with E-state index < -0.39 is 10.8 Å². The zero-order valence-corrected chi connectivity index (χ0v) is 13.5. The normalized spacial score (nSPS) is 11.7. The highest BCUT2D eigenvalue weighted by molar-refractivity contribution is 7.83. The molecule has 0 fully saturated rings. The summed E-state index contributed by atoms with van der Waals surface area (Å²) in [6.45, 7) is -0.137. The van der Waals surface area contributed by atoms with Gasteiger partial charge in [-0.2, -0.15) is 0 Å². The summed E-state index contributed by atoms with van der Waals surface area (Å²) in [7, 11) is -0.969. The van der Waals surface area contributed by atoms with E-state index in [9.17, 15) is 13.8 Å². The fourth-order valence-electron chi connectivity index (χ4n) is 1.75. The largest absolute Gasteiger partial charge is 0.343 e. The van der Waals surface area contributed by atoms with E-state index in [1.54, 1.807) is 36.0 Å². The third kappa shape index (κ3) is 5.05. The summed E-state index contributed by atoms with van der Waals surface area (Å²) < 4.78 is 11.2. The first-order chi connectivity index (χ1) is 10.5. The predicted molar refractivity (Wildman–Crippen MR) is 87.3 cm³/mol. The molecular formula is C14H15N3O3S2. The van der Waals surface area contributed by atoms with Crippen LogP contribution in [-0.2, 0) is 21.3 Å². The SMILES string of the molecule is CS(=O)Cc1cccc(C(=O)NCC(=O)Nc2nccs2)c1. The first-order valence-electron chi connectivity index (χ1n) is 6.41. The van der Waals surface area contributed by atoms with Crippen molar-refractivity contribution in [1.29, 1.82) is 0 Å². The van der Waals surface area contributed by atoms with E-state index in [2.05, 4.69) is 15.6 Å². The Morgan fingerprint density at radius 3 is 2.86 bits per heavy atom. The van der Waals surface area contributed by atoms with Gasteiger partial charge in [-0.15, -0.1) is 11.3 Å². The number of anilines is 1. The molecule has 1 atom stereocenters. The van der Waals surface area contributed by atoms with Crippen molar-refractivity contribution in [3.8, 4) is 0 Å². The van der Waals surface area contributed by atoms with Gasteiger partial charge in [-0.05, 0) is 17.7 Å². The van der Waals surface area contributed by atoms with Crippen LogP contribution in [0.5, 0.6) is 0 Å². The molecule has 0 aliphatic heterocycles. The number of hydrogen-bond acceptors (Lipinski definition) is 5. The van der Waals surface area contributed by atoms with Crippen molar-refractivity contribution in [1.82, 2.24) is 10.3 Å². The van der Waals surface area contributed by atoms with E-state index in [0.29, 0.717) is 16.4 Å². The van der Waals surface area contributed by atoms with Gasteiger partial charge in [0.25, 0.3) is 5.91 Å². The highest BCUT2D eigenvalue weighted by Gasteiger charge is 2.10. The molecule has 0 saturated heterocycles. The molecule has 1 unspecified atom stereocenters. The molecule has 0 aliphatic rings. The Bertz CT molecular complexity index is 686. The van der Waals surface area contributed by atoms with Crippen molar-refractivity contribution in [2.24, 2.45) is 0 Å². The van der Waals surface area contributed by atoms with E-state index in [0.717, 1.165) is 5.56 Å². The number of rotatable bonds is 6. The Labute approximate surface area is 134 Å². The van der Waals surface area contributed by atoms with Crippen molar-refractivity contribution in [2.75, 3.05) is 18.1 Å². The van der Waals surface area contributed by atoms with Crippen molar-refractivity contribution in [3.63, 3.8) is 0 Å². The first kappa shape index (κ1) is 16.3. The monoisotopic (exact) mass is 337 g/mol. The van der Waals surface area contributed by atoms with Crippen molar-refractivity contribution < 1.29 is 13.8 Å². The number of benzene rings is 1. The molecule has 116 valence electrons. The molecule has 2 N–H and O–H groups in total. The van der Waals surface area contributed by atoms with Crippen molar-refractivity contribution in [3.05, 3.63) is 47.0 Å². The van der Waals surface area contributed by atoms with E-state index in [1.807, 2.05) is 6.07 Å². The second-order valence-electron chi connectivity index (χ2n) is 4.49. The minimum atomic E-state index is -0.969. The molecular weight excluding hydrogens is 322 g/mol. The van der Waals surface area contributed by atoms with Crippen LogP contribution in [0.4, 0.5) is 5.13 Å². The summed E-state index contributed by atoms with van der Waals surface area (Å²) in [5.74, 6) is -0.293. The molecule has 8 heteroatoms. The van der Waals surface area contributed by atoms with Crippen LogP contribution in [0.1, 0.15) is 15.9 Å². The van der Waals surface area contributed by atoms with E-state index in [4.69, 9.17) is 0 Å². The summed E-state index contributed by atoms with van der Waals surface area (Å²) in [6, 6.07) is 6.87. The Hall–Kier alpha value is -2.06. The molecule has 2 rings (SSSR count). The lowest BCUT2D eigenvalue weighted by molar-refractivity contribution is -0.115. The molecule has 1 heterocycles. The summed E-state index contributed by atoms with van der Waals surface area (Å²) in [6.07, 6.45) is 3.19. The molecule has 2 aromatic rings. The predicted octanol–water partition coefficient (Wildman–Crippen LogP) is 1.39. The van der Waals surface area contributed by atoms with E-state index >= 15 is 0 Å². The van der Waals surface area contributed by atoms with Crippen LogP contribution in [0.15, 0.2) is 35.8 Å². The summed E-state index contributed by atoms with van der Waals surface area (Å²) in [5, 5.41) is 7.36. The number of carbonyl (C=O) groups excluding carboxylic acids is 2. The maximum Gasteiger partial charge on any atom is 0.251 e. The quantitative estimate of drug-likeness (QED) is 0.834. The summed E-state index contributed by atoms with van der Waals surface area (Å²) >= 11 is 1.30. The maximum atomic E-state index is 12.0. The van der Waals surface area contributed by atoms with Crippen LogP contribution in [0, 0.1) is 0 Å². The van der Waals surface area contributed by atoms with Gasteiger partial charge in [0.2, 0.25) is 5.91 Å². The van der Waals surface area contributed by atoms with Crippen LogP contribution >= 0.6 is 11.3 Å². The fraction of sp³-hybridized carbons (Fsp3) is 0.214. The molecule has 0 aliphatic carbocycles. The van der Waals surface area contributed by atoms with Crippen LogP contribution in [0.2, 0.25) is 0 Å². The molecule has 22 heavy (non-hydrogen) atoms. The first-order valence-corrected chi connectivity index (χ1v) is 9.02. The Balaban J connectivity index is 1.89. The second kappa shape index (κ2) is 7.81. The topological polar surface area (TPSA) is 88.2 Å². The molecule has 0 spiro atoms. The number of amides is 2.